The summed E-state index contributed by atoms with van der Waals surface area (Å²) >= 11 is 0. The minimum Gasteiger partial charge on any atom is -0.392 e. The van der Waals surface area contributed by atoms with Gasteiger partial charge in [0.25, 0.3) is 0 Å². The van der Waals surface area contributed by atoms with Gasteiger partial charge < -0.3 is 9.84 Å². The summed E-state index contributed by atoms with van der Waals surface area (Å²) in [4.78, 5) is 14.7. The van der Waals surface area contributed by atoms with Gasteiger partial charge in [0, 0.05) is 32.0 Å². The highest BCUT2D eigenvalue weighted by Crippen LogP contribution is 2.66. The zero-order chi connectivity index (χ0) is 18.8. The van der Waals surface area contributed by atoms with E-state index in [2.05, 4.69) is 18.7 Å². The highest BCUT2D eigenvalue weighted by molar-refractivity contribution is 5.79. The van der Waals surface area contributed by atoms with Crippen molar-refractivity contribution in [1.29, 1.82) is 0 Å². The maximum Gasteiger partial charge on any atom is 0.133 e. The predicted molar refractivity (Wildman–Crippen MR) is 104 cm³/mol. The number of ketones is 1. The molecule has 5 aliphatic rings. The number of carbonyl (C=O) groups is 1. The lowest BCUT2D eigenvalue weighted by molar-refractivity contribution is -0.147. The molecule has 0 spiro atoms. The maximum atomic E-state index is 12.1. The molecule has 1 saturated heterocycles. The molecule has 0 aromatic heterocycles. The first kappa shape index (κ1) is 18.6. The van der Waals surface area contributed by atoms with Crippen molar-refractivity contribution in [2.75, 3.05) is 26.3 Å². The summed E-state index contributed by atoms with van der Waals surface area (Å²) in [6.07, 6.45) is 8.44. The molecule has 1 heterocycles. The van der Waals surface area contributed by atoms with Gasteiger partial charge in [-0.05, 0) is 73.0 Å². The van der Waals surface area contributed by atoms with Crippen molar-refractivity contribution in [3.8, 4) is 0 Å². The van der Waals surface area contributed by atoms with E-state index in [1.165, 1.54) is 19.3 Å². The third-order valence-electron chi connectivity index (χ3n) is 9.93. The number of aliphatic hydroxyl groups excluding tert-OH is 1. The number of hydrogen-bond donors (Lipinski definition) is 1. The number of morpholine rings is 1. The molecule has 0 aromatic carbocycles. The number of Topliss-reactive ketones (excluding diaryl/α,β-unsaturated/α-hetero) is 1. The summed E-state index contributed by atoms with van der Waals surface area (Å²) in [5.74, 6) is 3.19. The van der Waals surface area contributed by atoms with Crippen LogP contribution >= 0.6 is 0 Å². The monoisotopic (exact) mass is 375 g/mol. The molecule has 5 fully saturated rings. The first-order valence-electron chi connectivity index (χ1n) is 11.4. The van der Waals surface area contributed by atoms with Gasteiger partial charge in [-0.25, -0.2) is 0 Å². The Labute approximate surface area is 164 Å². The number of aliphatic hydroxyl groups is 1. The molecule has 1 aliphatic heterocycles. The minimum atomic E-state index is -0.158. The number of fused-ring (bicyclic) bond motifs is 5. The molecule has 1 N–H and O–H groups in total. The van der Waals surface area contributed by atoms with Gasteiger partial charge in [-0.15, -0.1) is 0 Å². The third kappa shape index (κ3) is 2.69. The van der Waals surface area contributed by atoms with E-state index in [1.54, 1.807) is 0 Å². The van der Waals surface area contributed by atoms with Crippen LogP contribution in [0.15, 0.2) is 0 Å². The molecular weight excluding hydrogens is 338 g/mol. The van der Waals surface area contributed by atoms with Crippen LogP contribution in [0.2, 0.25) is 0 Å². The van der Waals surface area contributed by atoms with Crippen LogP contribution in [0.3, 0.4) is 0 Å². The molecule has 0 radical (unpaired) electrons. The van der Waals surface area contributed by atoms with Gasteiger partial charge in [0.1, 0.15) is 5.78 Å². The second-order valence-electron chi connectivity index (χ2n) is 10.8. The highest BCUT2D eigenvalue weighted by atomic mass is 16.5. The first-order chi connectivity index (χ1) is 12.9. The van der Waals surface area contributed by atoms with Gasteiger partial charge in [0.15, 0.2) is 0 Å². The fourth-order valence-corrected chi connectivity index (χ4v) is 8.37. The number of ether oxygens (including phenoxy) is 1. The van der Waals surface area contributed by atoms with Crippen molar-refractivity contribution >= 4 is 5.78 Å². The summed E-state index contributed by atoms with van der Waals surface area (Å²) < 4.78 is 5.61. The van der Waals surface area contributed by atoms with Crippen molar-refractivity contribution in [1.82, 2.24) is 4.90 Å². The smallest absolute Gasteiger partial charge is 0.133 e. The largest absolute Gasteiger partial charge is 0.392 e. The Bertz CT molecular complexity index is 602. The number of carbonyl (C=O) groups excluding carboxylic acids is 1. The SMILES string of the molecule is C[C@]12CCC(=O)C[C@@H]1CC[C@@H]1[C@@H]2CC[C@]2(C)[C@@H](O)CC(N3CCOCC3)[C@@H]12. The van der Waals surface area contributed by atoms with Crippen LogP contribution in [-0.2, 0) is 9.53 Å². The molecular formula is C23H37NO3. The van der Waals surface area contributed by atoms with Crippen LogP contribution < -0.4 is 0 Å². The first-order valence-corrected chi connectivity index (χ1v) is 11.4. The second kappa shape index (κ2) is 6.53. The van der Waals surface area contributed by atoms with Crippen LogP contribution in [0.25, 0.3) is 0 Å². The van der Waals surface area contributed by atoms with E-state index < -0.39 is 0 Å². The molecule has 4 saturated carbocycles. The molecule has 0 bridgehead atoms. The Morgan fingerprint density at radius 2 is 1.85 bits per heavy atom. The lowest BCUT2D eigenvalue weighted by Gasteiger charge is -2.61. The Morgan fingerprint density at radius 3 is 2.63 bits per heavy atom. The van der Waals surface area contributed by atoms with Crippen LogP contribution in [0, 0.1) is 34.5 Å². The zero-order valence-corrected chi connectivity index (χ0v) is 17.2. The highest BCUT2D eigenvalue weighted by Gasteiger charge is 2.63. The zero-order valence-electron chi connectivity index (χ0n) is 17.2. The van der Waals surface area contributed by atoms with Crippen molar-refractivity contribution < 1.29 is 14.6 Å². The molecule has 4 aliphatic carbocycles. The van der Waals surface area contributed by atoms with Crippen LogP contribution in [-0.4, -0.2) is 54.2 Å². The molecule has 1 unspecified atom stereocenters. The quantitative estimate of drug-likeness (QED) is 0.764. The van der Waals surface area contributed by atoms with E-state index in [-0.39, 0.29) is 11.5 Å². The van der Waals surface area contributed by atoms with E-state index in [4.69, 9.17) is 4.74 Å². The standard InChI is InChI=1S/C23H37NO3/c1-22-7-5-16(25)13-15(22)3-4-17-18(22)6-8-23(2)20(26)14-19(21(17)23)24-9-11-27-12-10-24/h15,17-21,26H,3-14H2,1-2H3/t15-,17+,18-,19?,20-,21+,22-,23+/m0/s1. The predicted octanol–water partition coefficient (Wildman–Crippen LogP) is 3.27. The van der Waals surface area contributed by atoms with Crippen LogP contribution in [0.4, 0.5) is 0 Å². The van der Waals surface area contributed by atoms with Crippen LogP contribution in [0.5, 0.6) is 0 Å². The molecule has 5 rings (SSSR count). The molecule has 27 heavy (non-hydrogen) atoms. The van der Waals surface area contributed by atoms with Gasteiger partial charge in [0.05, 0.1) is 19.3 Å². The average Bonchev–Trinajstić information content (AvgIpc) is 2.94. The lowest BCUT2D eigenvalue weighted by atomic mass is 9.45. The van der Waals surface area contributed by atoms with E-state index in [1.807, 2.05) is 0 Å². The Kier molecular flexibility index (Phi) is 4.49. The van der Waals surface area contributed by atoms with Gasteiger partial charge in [-0.3, -0.25) is 9.69 Å². The van der Waals surface area contributed by atoms with Gasteiger partial charge in [-0.1, -0.05) is 13.8 Å². The van der Waals surface area contributed by atoms with E-state index in [9.17, 15) is 9.90 Å². The van der Waals surface area contributed by atoms with Gasteiger partial charge in [-0.2, -0.15) is 0 Å². The molecule has 8 atom stereocenters. The number of hydrogen-bond acceptors (Lipinski definition) is 4. The topological polar surface area (TPSA) is 49.8 Å². The molecule has 4 nitrogen and oxygen atoms in total. The summed E-state index contributed by atoms with van der Waals surface area (Å²) in [5, 5.41) is 11.1. The summed E-state index contributed by atoms with van der Waals surface area (Å²) in [6, 6.07) is 0.520. The molecule has 0 aromatic rings. The molecule has 152 valence electrons. The number of nitrogens with zero attached hydrogens (tertiary/aromatic N) is 1. The van der Waals surface area contributed by atoms with Gasteiger partial charge in [0.2, 0.25) is 0 Å². The molecule has 4 heteroatoms. The van der Waals surface area contributed by atoms with Gasteiger partial charge >= 0.3 is 0 Å². The average molecular weight is 376 g/mol. The maximum absolute atomic E-state index is 12.1. The van der Waals surface area contributed by atoms with E-state index in [0.717, 1.165) is 70.2 Å². The Balaban J connectivity index is 1.46. The Morgan fingerprint density at radius 1 is 1.07 bits per heavy atom. The van der Waals surface area contributed by atoms with Crippen molar-refractivity contribution in [2.24, 2.45) is 34.5 Å². The summed E-state index contributed by atoms with van der Waals surface area (Å²) in [5.41, 5.74) is 0.430. The fourth-order valence-electron chi connectivity index (χ4n) is 8.37. The van der Waals surface area contributed by atoms with Crippen molar-refractivity contribution in [3.05, 3.63) is 0 Å². The Hall–Kier alpha value is -0.450. The molecule has 0 amide bonds. The summed E-state index contributed by atoms with van der Waals surface area (Å²) in [6.45, 7) is 8.63. The van der Waals surface area contributed by atoms with E-state index in [0.29, 0.717) is 29.1 Å². The minimum absolute atomic E-state index is 0.0812. The second-order valence-corrected chi connectivity index (χ2v) is 10.8. The van der Waals surface area contributed by atoms with Crippen molar-refractivity contribution in [3.63, 3.8) is 0 Å². The lowest BCUT2D eigenvalue weighted by Crippen LogP contribution is -2.57. The summed E-state index contributed by atoms with van der Waals surface area (Å²) in [7, 11) is 0. The van der Waals surface area contributed by atoms with Crippen LogP contribution in [0.1, 0.15) is 65.2 Å². The number of rotatable bonds is 1. The fraction of sp³-hybridized carbons (Fsp3) is 0.957. The normalized spacial score (nSPS) is 53.5. The third-order valence-corrected chi connectivity index (χ3v) is 9.93. The van der Waals surface area contributed by atoms with Crippen molar-refractivity contribution in [2.45, 2.75) is 77.4 Å². The van der Waals surface area contributed by atoms with E-state index >= 15 is 0 Å².